The highest BCUT2D eigenvalue weighted by Gasteiger charge is 2.19. The topological polar surface area (TPSA) is 122 Å². The van der Waals surface area contributed by atoms with Gasteiger partial charge in [0.25, 0.3) is 16.8 Å². The molecule has 0 saturated heterocycles. The van der Waals surface area contributed by atoms with E-state index in [4.69, 9.17) is 0 Å². The third-order valence-corrected chi connectivity index (χ3v) is 6.20. The number of rotatable bonds is 5. The Labute approximate surface area is 196 Å². The van der Waals surface area contributed by atoms with Gasteiger partial charge in [-0.3, -0.25) is 19.7 Å². The second kappa shape index (κ2) is 8.80. The average Bonchev–Trinajstić information content (AvgIpc) is 2.85. The molecule has 0 fully saturated rings. The summed E-state index contributed by atoms with van der Waals surface area (Å²) in [6.07, 6.45) is 0. The van der Waals surface area contributed by atoms with Gasteiger partial charge in [-0.2, -0.15) is 0 Å². The van der Waals surface area contributed by atoms with Crippen molar-refractivity contribution in [1.82, 2.24) is 15.0 Å². The molecule has 0 atom stereocenters. The molecule has 8 nitrogen and oxygen atoms in total. The van der Waals surface area contributed by atoms with Crippen molar-refractivity contribution >= 4 is 28.4 Å². The first-order chi connectivity index (χ1) is 16.5. The highest BCUT2D eigenvalue weighted by molar-refractivity contribution is 7.99. The van der Waals surface area contributed by atoms with Gasteiger partial charge in [0.15, 0.2) is 5.16 Å². The number of benzene rings is 3. The monoisotopic (exact) mass is 468 g/mol. The van der Waals surface area contributed by atoms with E-state index in [9.17, 15) is 19.7 Å². The van der Waals surface area contributed by atoms with Crippen molar-refractivity contribution in [2.45, 2.75) is 10.1 Å². The number of non-ortho nitro benzene ring substituents is 1. The van der Waals surface area contributed by atoms with Gasteiger partial charge in [-0.15, -0.1) is 0 Å². The van der Waals surface area contributed by atoms with Gasteiger partial charge in [0, 0.05) is 40.2 Å². The lowest BCUT2D eigenvalue weighted by Gasteiger charge is -2.12. The van der Waals surface area contributed by atoms with Crippen LogP contribution in [0.3, 0.4) is 0 Å². The molecular formula is C25H16N4O4S. The summed E-state index contributed by atoms with van der Waals surface area (Å²) in [7, 11) is 0. The van der Waals surface area contributed by atoms with E-state index in [1.807, 2.05) is 60.7 Å². The van der Waals surface area contributed by atoms with E-state index in [0.717, 1.165) is 17.3 Å². The van der Waals surface area contributed by atoms with Crippen LogP contribution in [0, 0.1) is 10.1 Å². The lowest BCUT2D eigenvalue weighted by Crippen LogP contribution is -2.13. The van der Waals surface area contributed by atoms with E-state index in [0.29, 0.717) is 27.7 Å². The molecule has 0 aliphatic carbocycles. The quantitative estimate of drug-likeness (QED) is 0.213. The molecule has 3 aromatic carbocycles. The Kier molecular flexibility index (Phi) is 5.52. The van der Waals surface area contributed by atoms with Crippen LogP contribution >= 0.6 is 11.8 Å². The summed E-state index contributed by atoms with van der Waals surface area (Å²) in [5.74, 6) is 0. The number of H-pyrrole nitrogens is 2. The van der Waals surface area contributed by atoms with E-state index in [1.165, 1.54) is 24.3 Å². The number of nitro groups is 1. The van der Waals surface area contributed by atoms with Crippen molar-refractivity contribution in [1.29, 1.82) is 0 Å². The van der Waals surface area contributed by atoms with E-state index in [2.05, 4.69) is 15.0 Å². The number of nitrogens with zero attached hydrogens (tertiary/aromatic N) is 2. The third kappa shape index (κ3) is 4.12. The number of hydrogen-bond acceptors (Lipinski definition) is 6. The zero-order chi connectivity index (χ0) is 23.7. The summed E-state index contributed by atoms with van der Waals surface area (Å²) in [4.78, 5) is 46.8. The second-order valence-electron chi connectivity index (χ2n) is 7.42. The molecule has 5 rings (SSSR count). The summed E-state index contributed by atoms with van der Waals surface area (Å²) in [6.45, 7) is 0. The number of nitro benzene ring substituents is 1. The number of aromatic nitrogens is 3. The smallest absolute Gasteiger partial charge is 0.270 e. The minimum Gasteiger partial charge on any atom is -0.321 e. The number of aromatic amines is 2. The molecule has 5 aromatic rings. The first kappa shape index (κ1) is 21.4. The van der Waals surface area contributed by atoms with Crippen LogP contribution in [0.1, 0.15) is 0 Å². The number of fused-ring (bicyclic) bond motifs is 1. The number of nitrogens with one attached hydrogen (secondary N) is 2. The summed E-state index contributed by atoms with van der Waals surface area (Å²) >= 11 is 1.01. The first-order valence-corrected chi connectivity index (χ1v) is 11.1. The van der Waals surface area contributed by atoms with Gasteiger partial charge < -0.3 is 9.97 Å². The van der Waals surface area contributed by atoms with Crippen LogP contribution < -0.4 is 11.1 Å². The van der Waals surface area contributed by atoms with Crippen LogP contribution in [0.25, 0.3) is 33.3 Å². The molecule has 2 heterocycles. The fourth-order valence-corrected chi connectivity index (χ4v) is 4.67. The normalized spacial score (nSPS) is 10.9. The van der Waals surface area contributed by atoms with Gasteiger partial charge in [-0.25, -0.2) is 4.98 Å². The van der Waals surface area contributed by atoms with Crippen LogP contribution in [0.4, 0.5) is 5.69 Å². The Morgan fingerprint density at radius 1 is 0.824 bits per heavy atom. The molecule has 9 heteroatoms. The maximum absolute atomic E-state index is 13.2. The molecule has 0 aliphatic rings. The van der Waals surface area contributed by atoms with E-state index in [-0.39, 0.29) is 21.3 Å². The molecular weight excluding hydrogens is 452 g/mol. The largest absolute Gasteiger partial charge is 0.321 e. The Hall–Kier alpha value is -4.50. The standard InChI is InChI=1S/C25H16N4O4S/c30-21-14-20(15-7-3-1-4-8-15)27-25(28-21)34-23-22(16-9-5-2-6-10-16)18-13-17(29(32)33)11-12-19(18)26-24(23)31/h1-14H,(H,26,31)(H,27,28,30). The van der Waals surface area contributed by atoms with Gasteiger partial charge in [0.2, 0.25) is 0 Å². The van der Waals surface area contributed by atoms with Crippen molar-refractivity contribution < 1.29 is 4.92 Å². The zero-order valence-electron chi connectivity index (χ0n) is 17.5. The molecule has 0 unspecified atom stereocenters. The van der Waals surface area contributed by atoms with Crippen LogP contribution in [-0.2, 0) is 0 Å². The van der Waals surface area contributed by atoms with Gasteiger partial charge in [-0.05, 0) is 23.4 Å². The lowest BCUT2D eigenvalue weighted by atomic mass is 10.0. The van der Waals surface area contributed by atoms with E-state index >= 15 is 0 Å². The summed E-state index contributed by atoms with van der Waals surface area (Å²) in [5, 5.41) is 12.2. The molecule has 34 heavy (non-hydrogen) atoms. The average molecular weight is 468 g/mol. The summed E-state index contributed by atoms with van der Waals surface area (Å²) < 4.78 is 0. The Balaban J connectivity index is 1.74. The SMILES string of the molecule is O=c1cc(-c2ccccc2)nc(Sc2c(-c3ccccc3)c3cc([N+](=O)[O-])ccc3[nH]c2=O)[nH]1. The molecule has 2 aromatic heterocycles. The molecule has 166 valence electrons. The third-order valence-electron chi connectivity index (χ3n) is 5.22. The van der Waals surface area contributed by atoms with E-state index < -0.39 is 10.5 Å². The maximum atomic E-state index is 13.2. The molecule has 0 spiro atoms. The highest BCUT2D eigenvalue weighted by Crippen LogP contribution is 2.38. The molecule has 0 saturated carbocycles. The van der Waals surface area contributed by atoms with Crippen molar-refractivity contribution in [3.8, 4) is 22.4 Å². The van der Waals surface area contributed by atoms with Crippen molar-refractivity contribution in [3.63, 3.8) is 0 Å². The van der Waals surface area contributed by atoms with Crippen LogP contribution in [0.15, 0.2) is 105 Å². The van der Waals surface area contributed by atoms with Crippen LogP contribution in [0.5, 0.6) is 0 Å². The Bertz CT molecular complexity index is 1650. The summed E-state index contributed by atoms with van der Waals surface area (Å²) in [5.41, 5.74) is 2.11. The van der Waals surface area contributed by atoms with Gasteiger partial charge in [0.1, 0.15) is 0 Å². The lowest BCUT2D eigenvalue weighted by molar-refractivity contribution is -0.384. The van der Waals surface area contributed by atoms with Crippen LogP contribution in [-0.4, -0.2) is 19.9 Å². The minimum atomic E-state index is -0.478. The molecule has 0 radical (unpaired) electrons. The van der Waals surface area contributed by atoms with Crippen LogP contribution in [0.2, 0.25) is 0 Å². The van der Waals surface area contributed by atoms with Gasteiger partial charge in [0.05, 0.1) is 15.5 Å². The molecule has 0 aliphatic heterocycles. The molecule has 2 N–H and O–H groups in total. The molecule has 0 amide bonds. The number of pyridine rings is 1. The Morgan fingerprint density at radius 2 is 1.50 bits per heavy atom. The van der Waals surface area contributed by atoms with Crippen molar-refractivity contribution in [2.75, 3.05) is 0 Å². The first-order valence-electron chi connectivity index (χ1n) is 10.2. The van der Waals surface area contributed by atoms with E-state index in [1.54, 1.807) is 0 Å². The Morgan fingerprint density at radius 3 is 2.18 bits per heavy atom. The number of hydrogen-bond donors (Lipinski definition) is 2. The fraction of sp³-hybridized carbons (Fsp3) is 0. The minimum absolute atomic E-state index is 0.0923. The van der Waals surface area contributed by atoms with Gasteiger partial charge in [-0.1, -0.05) is 60.7 Å². The highest BCUT2D eigenvalue weighted by atomic mass is 32.2. The van der Waals surface area contributed by atoms with Crippen molar-refractivity contribution in [3.05, 3.63) is 116 Å². The van der Waals surface area contributed by atoms with Crippen molar-refractivity contribution in [2.24, 2.45) is 0 Å². The molecule has 0 bridgehead atoms. The fourth-order valence-electron chi connectivity index (χ4n) is 3.70. The predicted molar refractivity (Wildman–Crippen MR) is 131 cm³/mol. The predicted octanol–water partition coefficient (Wildman–Crippen LogP) is 5.00. The maximum Gasteiger partial charge on any atom is 0.270 e. The zero-order valence-corrected chi connectivity index (χ0v) is 18.3. The second-order valence-corrected chi connectivity index (χ2v) is 8.41. The summed E-state index contributed by atoms with van der Waals surface area (Å²) in [6, 6.07) is 24.1. The van der Waals surface area contributed by atoms with Gasteiger partial charge >= 0.3 is 0 Å².